The van der Waals surface area contributed by atoms with E-state index in [-0.39, 0.29) is 5.82 Å². The summed E-state index contributed by atoms with van der Waals surface area (Å²) in [6.07, 6.45) is 0. The number of carbonyl (C=O) groups is 1. The third-order valence-electron chi connectivity index (χ3n) is 2.66. The molecule has 5 nitrogen and oxygen atoms in total. The molecule has 1 aromatic carbocycles. The van der Waals surface area contributed by atoms with Crippen LogP contribution in [0, 0.1) is 18.6 Å². The first-order chi connectivity index (χ1) is 9.45. The van der Waals surface area contributed by atoms with Crippen molar-refractivity contribution in [3.05, 3.63) is 47.2 Å². The molecule has 0 aliphatic carbocycles. The summed E-state index contributed by atoms with van der Waals surface area (Å²) in [7, 11) is 0. The monoisotopic (exact) mass is 281 g/mol. The number of hydrogen-bond acceptors (Lipinski definition) is 3. The highest BCUT2D eigenvalue weighted by Crippen LogP contribution is 2.16. The molecule has 1 unspecified atom stereocenters. The summed E-state index contributed by atoms with van der Waals surface area (Å²) in [6, 6.07) is 4.02. The van der Waals surface area contributed by atoms with E-state index in [1.165, 1.54) is 6.07 Å². The number of amides is 2. The maximum Gasteiger partial charge on any atom is 0.320 e. The number of hydrogen-bond donors (Lipinski definition) is 2. The summed E-state index contributed by atoms with van der Waals surface area (Å²) < 4.78 is 30.7. The van der Waals surface area contributed by atoms with Crippen molar-refractivity contribution in [2.75, 3.05) is 5.32 Å². The van der Waals surface area contributed by atoms with Crippen molar-refractivity contribution in [2.45, 2.75) is 19.9 Å². The molecular weight excluding hydrogens is 268 g/mol. The van der Waals surface area contributed by atoms with Crippen molar-refractivity contribution in [2.24, 2.45) is 0 Å². The second-order valence-electron chi connectivity index (χ2n) is 4.32. The Hall–Kier alpha value is -2.44. The molecule has 1 atom stereocenters. The van der Waals surface area contributed by atoms with Crippen LogP contribution >= 0.6 is 0 Å². The SMILES string of the molecule is Cc1cc(NC(=O)NC(C)c2ccc(F)c(F)c2)no1. The fourth-order valence-electron chi connectivity index (χ4n) is 1.64. The summed E-state index contributed by atoms with van der Waals surface area (Å²) in [5.41, 5.74) is 0.454. The van der Waals surface area contributed by atoms with E-state index >= 15 is 0 Å². The third kappa shape index (κ3) is 3.31. The normalized spacial score (nSPS) is 12.0. The second-order valence-corrected chi connectivity index (χ2v) is 4.32. The standard InChI is InChI=1S/C13H13F2N3O2/c1-7-5-12(18-20-7)17-13(19)16-8(2)9-3-4-10(14)11(15)6-9/h3-6,8H,1-2H3,(H2,16,17,18,19). The maximum atomic E-state index is 13.1. The van der Waals surface area contributed by atoms with Crippen LogP contribution in [0.5, 0.6) is 0 Å². The quantitative estimate of drug-likeness (QED) is 0.908. The number of urea groups is 1. The predicted octanol–water partition coefficient (Wildman–Crippen LogP) is 3.14. The highest BCUT2D eigenvalue weighted by atomic mass is 19.2. The minimum Gasteiger partial charge on any atom is -0.360 e. The molecule has 2 amide bonds. The minimum atomic E-state index is -0.955. The summed E-state index contributed by atoms with van der Waals surface area (Å²) in [4.78, 5) is 11.7. The van der Waals surface area contributed by atoms with Crippen LogP contribution in [-0.2, 0) is 0 Å². The largest absolute Gasteiger partial charge is 0.360 e. The molecule has 2 aromatic rings. The fourth-order valence-corrected chi connectivity index (χ4v) is 1.64. The number of carbonyl (C=O) groups excluding carboxylic acids is 1. The highest BCUT2D eigenvalue weighted by molar-refractivity contribution is 5.88. The zero-order chi connectivity index (χ0) is 14.7. The van der Waals surface area contributed by atoms with Crippen molar-refractivity contribution in [1.29, 1.82) is 0 Å². The Morgan fingerprint density at radius 3 is 2.65 bits per heavy atom. The van der Waals surface area contributed by atoms with Gasteiger partial charge >= 0.3 is 6.03 Å². The molecule has 106 valence electrons. The molecule has 7 heteroatoms. The van der Waals surface area contributed by atoms with Crippen LogP contribution in [0.4, 0.5) is 19.4 Å². The van der Waals surface area contributed by atoms with Crippen LogP contribution in [-0.4, -0.2) is 11.2 Å². The van der Waals surface area contributed by atoms with Gasteiger partial charge in [0.1, 0.15) is 5.76 Å². The van der Waals surface area contributed by atoms with Crippen LogP contribution < -0.4 is 10.6 Å². The predicted molar refractivity (Wildman–Crippen MR) is 68.2 cm³/mol. The molecular formula is C13H13F2N3O2. The molecule has 2 N–H and O–H groups in total. The lowest BCUT2D eigenvalue weighted by atomic mass is 10.1. The van der Waals surface area contributed by atoms with Gasteiger partial charge in [-0.3, -0.25) is 5.32 Å². The van der Waals surface area contributed by atoms with E-state index in [1.807, 2.05) is 0 Å². The number of benzene rings is 1. The molecule has 0 aliphatic heterocycles. The molecule has 0 saturated heterocycles. The Labute approximate surface area is 114 Å². The summed E-state index contributed by atoms with van der Waals surface area (Å²) >= 11 is 0. The van der Waals surface area contributed by atoms with E-state index in [4.69, 9.17) is 4.52 Å². The number of rotatable bonds is 3. The lowest BCUT2D eigenvalue weighted by molar-refractivity contribution is 0.249. The number of anilines is 1. The summed E-state index contributed by atoms with van der Waals surface area (Å²) in [6.45, 7) is 3.35. The topological polar surface area (TPSA) is 67.2 Å². The first-order valence-electron chi connectivity index (χ1n) is 5.91. The smallest absolute Gasteiger partial charge is 0.320 e. The Kier molecular flexibility index (Phi) is 3.97. The van der Waals surface area contributed by atoms with Gasteiger partial charge in [0.05, 0.1) is 6.04 Å². The van der Waals surface area contributed by atoms with E-state index in [0.717, 1.165) is 12.1 Å². The third-order valence-corrected chi connectivity index (χ3v) is 2.66. The average Bonchev–Trinajstić information content (AvgIpc) is 2.77. The fraction of sp³-hybridized carbons (Fsp3) is 0.231. The van der Waals surface area contributed by atoms with Gasteiger partial charge in [0.15, 0.2) is 17.5 Å². The number of nitrogens with one attached hydrogen (secondary N) is 2. The van der Waals surface area contributed by atoms with Gasteiger partial charge in [-0.2, -0.15) is 0 Å². The zero-order valence-corrected chi connectivity index (χ0v) is 10.9. The molecule has 0 saturated carbocycles. The molecule has 0 bridgehead atoms. The van der Waals surface area contributed by atoms with Gasteiger partial charge in [0.2, 0.25) is 0 Å². The lowest BCUT2D eigenvalue weighted by Gasteiger charge is -2.14. The van der Waals surface area contributed by atoms with Crippen molar-refractivity contribution in [1.82, 2.24) is 10.5 Å². The van der Waals surface area contributed by atoms with Crippen molar-refractivity contribution >= 4 is 11.8 Å². The molecule has 1 aromatic heterocycles. The Morgan fingerprint density at radius 2 is 2.05 bits per heavy atom. The number of nitrogens with zero attached hydrogens (tertiary/aromatic N) is 1. The number of aryl methyl sites for hydroxylation is 1. The van der Waals surface area contributed by atoms with E-state index < -0.39 is 23.7 Å². The van der Waals surface area contributed by atoms with E-state index in [1.54, 1.807) is 19.9 Å². The van der Waals surface area contributed by atoms with Crippen molar-refractivity contribution in [3.63, 3.8) is 0 Å². The highest BCUT2D eigenvalue weighted by Gasteiger charge is 2.13. The molecule has 0 aliphatic rings. The minimum absolute atomic E-state index is 0.275. The molecule has 20 heavy (non-hydrogen) atoms. The van der Waals surface area contributed by atoms with Crippen LogP contribution in [0.3, 0.4) is 0 Å². The van der Waals surface area contributed by atoms with Gasteiger partial charge in [0, 0.05) is 6.07 Å². The van der Waals surface area contributed by atoms with Crippen molar-refractivity contribution in [3.8, 4) is 0 Å². The second kappa shape index (κ2) is 5.68. The van der Waals surface area contributed by atoms with Gasteiger partial charge in [-0.25, -0.2) is 13.6 Å². The van der Waals surface area contributed by atoms with E-state index in [9.17, 15) is 13.6 Å². The van der Waals surface area contributed by atoms with E-state index in [2.05, 4.69) is 15.8 Å². The van der Waals surface area contributed by atoms with Crippen LogP contribution in [0.2, 0.25) is 0 Å². The number of halogens is 2. The van der Waals surface area contributed by atoms with Crippen LogP contribution in [0.15, 0.2) is 28.8 Å². The maximum absolute atomic E-state index is 13.1. The zero-order valence-electron chi connectivity index (χ0n) is 10.9. The lowest BCUT2D eigenvalue weighted by Crippen LogP contribution is -2.31. The van der Waals surface area contributed by atoms with Crippen LogP contribution in [0.25, 0.3) is 0 Å². The molecule has 1 heterocycles. The summed E-state index contributed by atoms with van der Waals surface area (Å²) in [5.74, 6) is -1.04. The van der Waals surface area contributed by atoms with Gasteiger partial charge in [-0.15, -0.1) is 0 Å². The van der Waals surface area contributed by atoms with Gasteiger partial charge < -0.3 is 9.84 Å². The Bertz CT molecular complexity index is 628. The number of aromatic nitrogens is 1. The van der Waals surface area contributed by atoms with Crippen molar-refractivity contribution < 1.29 is 18.1 Å². The Balaban J connectivity index is 1.98. The molecule has 0 fully saturated rings. The van der Waals surface area contributed by atoms with Gasteiger partial charge in [0.25, 0.3) is 0 Å². The van der Waals surface area contributed by atoms with Crippen LogP contribution in [0.1, 0.15) is 24.3 Å². The average molecular weight is 281 g/mol. The first-order valence-corrected chi connectivity index (χ1v) is 5.91. The van der Waals surface area contributed by atoms with Gasteiger partial charge in [-0.1, -0.05) is 11.2 Å². The van der Waals surface area contributed by atoms with Gasteiger partial charge in [-0.05, 0) is 31.5 Å². The molecule has 0 spiro atoms. The molecule has 2 rings (SSSR count). The Morgan fingerprint density at radius 1 is 1.30 bits per heavy atom. The first kappa shape index (κ1) is 14.0. The van der Waals surface area contributed by atoms with E-state index in [0.29, 0.717) is 11.3 Å². The summed E-state index contributed by atoms with van der Waals surface area (Å²) in [5, 5.41) is 8.65. The molecule has 0 radical (unpaired) electrons.